The van der Waals surface area contributed by atoms with Gasteiger partial charge in [-0.25, -0.2) is 4.79 Å². The summed E-state index contributed by atoms with van der Waals surface area (Å²) in [5.74, 6) is -0.217. The summed E-state index contributed by atoms with van der Waals surface area (Å²) in [5, 5.41) is 3.37. The fourth-order valence-corrected chi connectivity index (χ4v) is 2.34. The second kappa shape index (κ2) is 8.15. The number of nitrogens with zero attached hydrogens (tertiary/aromatic N) is 1. The van der Waals surface area contributed by atoms with Crippen molar-refractivity contribution in [3.63, 3.8) is 0 Å². The highest BCUT2D eigenvalue weighted by molar-refractivity contribution is 5.83. The fraction of sp³-hybridized carbons (Fsp3) is 0.588. The first-order chi connectivity index (χ1) is 9.97. The zero-order valence-electron chi connectivity index (χ0n) is 13.8. The van der Waals surface area contributed by atoms with E-state index in [9.17, 15) is 4.79 Å². The van der Waals surface area contributed by atoms with E-state index < -0.39 is 5.54 Å². The molecular weight excluding hydrogens is 264 g/mol. The summed E-state index contributed by atoms with van der Waals surface area (Å²) in [5.41, 5.74) is 0.114. The number of hydrogen-bond acceptors (Lipinski definition) is 4. The monoisotopic (exact) mass is 292 g/mol. The number of carbonyl (C=O) groups is 1. The van der Waals surface area contributed by atoms with Gasteiger partial charge in [0.1, 0.15) is 0 Å². The van der Waals surface area contributed by atoms with Crippen LogP contribution in [-0.2, 0) is 15.1 Å². The van der Waals surface area contributed by atoms with Crippen molar-refractivity contribution in [3.8, 4) is 0 Å². The van der Waals surface area contributed by atoms with Gasteiger partial charge in [-0.2, -0.15) is 0 Å². The summed E-state index contributed by atoms with van der Waals surface area (Å²) in [6, 6.07) is 10.2. The van der Waals surface area contributed by atoms with E-state index in [1.165, 1.54) is 0 Å². The van der Waals surface area contributed by atoms with Crippen molar-refractivity contribution in [3.05, 3.63) is 35.9 Å². The van der Waals surface area contributed by atoms with E-state index in [1.54, 1.807) is 0 Å². The average molecular weight is 292 g/mol. The molecule has 1 unspecified atom stereocenters. The van der Waals surface area contributed by atoms with Gasteiger partial charge in [-0.05, 0) is 39.9 Å². The minimum Gasteiger partial charge on any atom is -0.464 e. The molecule has 0 aromatic heterocycles. The van der Waals surface area contributed by atoms with Gasteiger partial charge in [-0.3, -0.25) is 5.32 Å². The molecule has 21 heavy (non-hydrogen) atoms. The van der Waals surface area contributed by atoms with E-state index >= 15 is 0 Å². The molecule has 0 spiro atoms. The van der Waals surface area contributed by atoms with Crippen molar-refractivity contribution in [2.45, 2.75) is 39.3 Å². The molecular formula is C17H28N2O2. The van der Waals surface area contributed by atoms with Crippen LogP contribution in [-0.4, -0.2) is 43.7 Å². The molecule has 1 aromatic rings. The van der Waals surface area contributed by atoms with E-state index in [2.05, 4.69) is 24.1 Å². The number of carbonyl (C=O) groups excluding carboxylic acids is 1. The second-order valence-electron chi connectivity index (χ2n) is 5.53. The van der Waals surface area contributed by atoms with Crippen molar-refractivity contribution in [1.29, 1.82) is 0 Å². The Morgan fingerprint density at radius 1 is 1.29 bits per heavy atom. The summed E-state index contributed by atoms with van der Waals surface area (Å²) in [4.78, 5) is 14.9. The summed E-state index contributed by atoms with van der Waals surface area (Å²) in [6.45, 7) is 9.73. The standard InChI is InChI=1S/C17H28N2O2/c1-6-18-17(16(20)21-7-2,13-19(5)14(3)4)15-11-9-8-10-12-15/h8-12,14,18H,6-7,13H2,1-5H3. The molecule has 0 saturated heterocycles. The molecule has 118 valence electrons. The van der Waals surface area contributed by atoms with Gasteiger partial charge in [0.05, 0.1) is 6.61 Å². The molecule has 0 bridgehead atoms. The van der Waals surface area contributed by atoms with Crippen LogP contribution in [0.2, 0.25) is 0 Å². The Balaban J connectivity index is 3.25. The Morgan fingerprint density at radius 3 is 2.38 bits per heavy atom. The van der Waals surface area contributed by atoms with Gasteiger partial charge in [0.25, 0.3) is 0 Å². The molecule has 1 rings (SSSR count). The smallest absolute Gasteiger partial charge is 0.332 e. The Kier molecular flexibility index (Phi) is 6.85. The van der Waals surface area contributed by atoms with Crippen LogP contribution in [0, 0.1) is 0 Å². The van der Waals surface area contributed by atoms with Crippen LogP contribution < -0.4 is 5.32 Å². The zero-order chi connectivity index (χ0) is 15.9. The number of nitrogens with one attached hydrogen (secondary N) is 1. The van der Waals surface area contributed by atoms with Crippen molar-refractivity contribution < 1.29 is 9.53 Å². The predicted octanol–water partition coefficient (Wildman–Crippen LogP) is 2.39. The maximum Gasteiger partial charge on any atom is 0.332 e. The van der Waals surface area contributed by atoms with Crippen molar-refractivity contribution in [2.24, 2.45) is 0 Å². The summed E-state index contributed by atoms with van der Waals surface area (Å²) < 4.78 is 5.37. The molecule has 0 aliphatic carbocycles. The third-order valence-electron chi connectivity index (χ3n) is 3.74. The van der Waals surface area contributed by atoms with E-state index in [-0.39, 0.29) is 5.97 Å². The van der Waals surface area contributed by atoms with E-state index in [0.717, 1.165) is 5.56 Å². The van der Waals surface area contributed by atoms with Crippen LogP contribution in [0.1, 0.15) is 33.3 Å². The van der Waals surface area contributed by atoms with Gasteiger partial charge < -0.3 is 9.64 Å². The number of likely N-dealkylation sites (N-methyl/N-ethyl adjacent to an activating group) is 2. The number of hydrogen-bond donors (Lipinski definition) is 1. The SMILES string of the molecule is CCNC(CN(C)C(C)C)(C(=O)OCC)c1ccccc1. The molecule has 4 nitrogen and oxygen atoms in total. The van der Waals surface area contributed by atoms with Crippen LogP contribution in [0.25, 0.3) is 0 Å². The lowest BCUT2D eigenvalue weighted by Gasteiger charge is -2.37. The largest absolute Gasteiger partial charge is 0.464 e. The molecule has 0 heterocycles. The van der Waals surface area contributed by atoms with Crippen LogP contribution in [0.15, 0.2) is 30.3 Å². The van der Waals surface area contributed by atoms with Crippen LogP contribution in [0.4, 0.5) is 0 Å². The van der Waals surface area contributed by atoms with Crippen LogP contribution >= 0.6 is 0 Å². The molecule has 0 radical (unpaired) electrons. The zero-order valence-corrected chi connectivity index (χ0v) is 13.8. The maximum atomic E-state index is 12.7. The summed E-state index contributed by atoms with van der Waals surface area (Å²) in [6.07, 6.45) is 0. The second-order valence-corrected chi connectivity index (χ2v) is 5.53. The van der Waals surface area contributed by atoms with Crippen molar-refractivity contribution >= 4 is 5.97 Å². The van der Waals surface area contributed by atoms with Crippen LogP contribution in [0.3, 0.4) is 0 Å². The molecule has 0 aliphatic rings. The molecule has 1 aromatic carbocycles. The highest BCUT2D eigenvalue weighted by Crippen LogP contribution is 2.25. The molecule has 4 heteroatoms. The van der Waals surface area contributed by atoms with Gasteiger partial charge >= 0.3 is 5.97 Å². The van der Waals surface area contributed by atoms with E-state index in [4.69, 9.17) is 4.74 Å². The predicted molar refractivity (Wildman–Crippen MR) is 86.2 cm³/mol. The first-order valence-corrected chi connectivity index (χ1v) is 7.66. The molecule has 0 saturated carbocycles. The number of rotatable bonds is 8. The fourth-order valence-electron chi connectivity index (χ4n) is 2.34. The maximum absolute atomic E-state index is 12.7. The highest BCUT2D eigenvalue weighted by atomic mass is 16.5. The normalized spacial score (nSPS) is 14.2. The first-order valence-electron chi connectivity index (χ1n) is 7.66. The lowest BCUT2D eigenvalue weighted by molar-refractivity contribution is -0.152. The average Bonchev–Trinajstić information content (AvgIpc) is 2.47. The number of ether oxygens (including phenoxy) is 1. The highest BCUT2D eigenvalue weighted by Gasteiger charge is 2.42. The quantitative estimate of drug-likeness (QED) is 0.747. The molecule has 0 aliphatic heterocycles. The lowest BCUT2D eigenvalue weighted by Crippen LogP contribution is -2.57. The van der Waals surface area contributed by atoms with E-state index in [0.29, 0.717) is 25.7 Å². The number of esters is 1. The third-order valence-corrected chi connectivity index (χ3v) is 3.74. The first kappa shape index (κ1) is 17.7. The van der Waals surface area contributed by atoms with Crippen molar-refractivity contribution in [2.75, 3.05) is 26.7 Å². The molecule has 0 amide bonds. The Labute approximate surface area is 128 Å². The lowest BCUT2D eigenvalue weighted by atomic mass is 9.88. The molecule has 1 atom stereocenters. The molecule has 0 fully saturated rings. The van der Waals surface area contributed by atoms with Crippen LogP contribution in [0.5, 0.6) is 0 Å². The number of benzene rings is 1. The minimum absolute atomic E-state index is 0.217. The van der Waals surface area contributed by atoms with E-state index in [1.807, 2.05) is 51.2 Å². The van der Waals surface area contributed by atoms with Gasteiger partial charge in [-0.15, -0.1) is 0 Å². The molecule has 1 N–H and O–H groups in total. The topological polar surface area (TPSA) is 41.6 Å². The Bertz CT molecular complexity index is 434. The summed E-state index contributed by atoms with van der Waals surface area (Å²) in [7, 11) is 2.03. The van der Waals surface area contributed by atoms with Gasteiger partial charge in [0.2, 0.25) is 0 Å². The Hall–Kier alpha value is -1.39. The summed E-state index contributed by atoms with van der Waals surface area (Å²) >= 11 is 0. The van der Waals surface area contributed by atoms with Crippen molar-refractivity contribution in [1.82, 2.24) is 10.2 Å². The van der Waals surface area contributed by atoms with Gasteiger partial charge in [0, 0.05) is 12.6 Å². The van der Waals surface area contributed by atoms with Gasteiger partial charge in [0.15, 0.2) is 5.54 Å². The van der Waals surface area contributed by atoms with Gasteiger partial charge in [-0.1, -0.05) is 37.3 Å². The Morgan fingerprint density at radius 2 is 1.90 bits per heavy atom. The minimum atomic E-state index is -0.828. The third kappa shape index (κ3) is 4.29.